The van der Waals surface area contributed by atoms with Crippen LogP contribution in [0.1, 0.15) is 27.2 Å². The minimum Gasteiger partial charge on any atom is -0.493 e. The van der Waals surface area contributed by atoms with Gasteiger partial charge in [0.25, 0.3) is 0 Å². The van der Waals surface area contributed by atoms with E-state index in [1.165, 1.54) is 0 Å². The van der Waals surface area contributed by atoms with Gasteiger partial charge in [0.15, 0.2) is 11.5 Å². The van der Waals surface area contributed by atoms with E-state index in [1.54, 1.807) is 7.11 Å². The predicted molar refractivity (Wildman–Crippen MR) is 76.8 cm³/mol. The van der Waals surface area contributed by atoms with Crippen molar-refractivity contribution in [3.8, 4) is 11.5 Å². The molecule has 0 fully saturated rings. The molecule has 18 heavy (non-hydrogen) atoms. The van der Waals surface area contributed by atoms with E-state index in [9.17, 15) is 0 Å². The second-order valence-corrected chi connectivity index (χ2v) is 5.81. The van der Waals surface area contributed by atoms with Crippen LogP contribution in [0, 0.1) is 11.3 Å². The molecule has 102 valence electrons. The fraction of sp³-hybridized carbons (Fsp3) is 0.600. The van der Waals surface area contributed by atoms with Gasteiger partial charge in [0.05, 0.1) is 13.7 Å². The molecule has 0 heterocycles. The normalized spacial score (nSPS) is 13.2. The molecule has 0 radical (unpaired) electrons. The summed E-state index contributed by atoms with van der Waals surface area (Å²) in [5.41, 5.74) is 0.214. The number of hydrogen-bond acceptors (Lipinski definition) is 2. The Morgan fingerprint density at radius 2 is 1.78 bits per heavy atom. The van der Waals surface area contributed by atoms with Gasteiger partial charge in [-0.25, -0.2) is 0 Å². The average molecular weight is 271 g/mol. The van der Waals surface area contributed by atoms with E-state index in [0.29, 0.717) is 18.4 Å². The van der Waals surface area contributed by atoms with Crippen LogP contribution in [-0.2, 0) is 0 Å². The molecule has 1 rings (SSSR count). The number of para-hydroxylation sites is 2. The van der Waals surface area contributed by atoms with Crippen LogP contribution in [0.2, 0.25) is 0 Å². The highest BCUT2D eigenvalue weighted by Gasteiger charge is 2.23. The topological polar surface area (TPSA) is 18.5 Å². The molecule has 0 spiro atoms. The Labute approximate surface area is 115 Å². The third-order valence-electron chi connectivity index (χ3n) is 3.20. The quantitative estimate of drug-likeness (QED) is 0.715. The van der Waals surface area contributed by atoms with Gasteiger partial charge in [-0.05, 0) is 29.9 Å². The largest absolute Gasteiger partial charge is 0.493 e. The van der Waals surface area contributed by atoms with Crippen LogP contribution >= 0.6 is 11.6 Å². The van der Waals surface area contributed by atoms with E-state index in [1.807, 2.05) is 24.3 Å². The zero-order valence-electron chi connectivity index (χ0n) is 11.7. The summed E-state index contributed by atoms with van der Waals surface area (Å²) >= 11 is 6.01. The molecule has 0 aliphatic carbocycles. The summed E-state index contributed by atoms with van der Waals surface area (Å²) in [6, 6.07) is 7.70. The summed E-state index contributed by atoms with van der Waals surface area (Å²) < 4.78 is 11.0. The van der Waals surface area contributed by atoms with Crippen molar-refractivity contribution in [2.75, 3.05) is 19.6 Å². The number of ether oxygens (including phenoxy) is 2. The molecular formula is C15H23ClO2. The first-order valence-corrected chi connectivity index (χ1v) is 6.84. The number of hydrogen-bond donors (Lipinski definition) is 0. The Balaban J connectivity index is 2.50. The van der Waals surface area contributed by atoms with E-state index in [2.05, 4.69) is 20.8 Å². The molecule has 1 unspecified atom stereocenters. The third kappa shape index (κ3) is 4.41. The lowest BCUT2D eigenvalue weighted by Gasteiger charge is -2.28. The summed E-state index contributed by atoms with van der Waals surface area (Å²) in [4.78, 5) is 0. The molecule has 0 saturated heterocycles. The molecule has 0 aliphatic heterocycles. The van der Waals surface area contributed by atoms with Crippen LogP contribution in [-0.4, -0.2) is 19.6 Å². The Morgan fingerprint density at radius 3 is 2.28 bits per heavy atom. The van der Waals surface area contributed by atoms with Gasteiger partial charge >= 0.3 is 0 Å². The Hall–Kier alpha value is -0.890. The van der Waals surface area contributed by atoms with Crippen LogP contribution in [0.4, 0.5) is 0 Å². The lowest BCUT2D eigenvalue weighted by atomic mass is 9.80. The maximum absolute atomic E-state index is 6.01. The highest BCUT2D eigenvalue weighted by atomic mass is 35.5. The van der Waals surface area contributed by atoms with Gasteiger partial charge in [-0.1, -0.05) is 32.9 Å². The second-order valence-electron chi connectivity index (χ2n) is 5.51. The highest BCUT2D eigenvalue weighted by Crippen LogP contribution is 2.31. The van der Waals surface area contributed by atoms with E-state index in [-0.39, 0.29) is 5.41 Å². The fourth-order valence-electron chi connectivity index (χ4n) is 1.79. The van der Waals surface area contributed by atoms with Gasteiger partial charge in [-0.3, -0.25) is 0 Å². The van der Waals surface area contributed by atoms with Crippen molar-refractivity contribution in [3.05, 3.63) is 24.3 Å². The molecule has 0 aliphatic rings. The first-order valence-electron chi connectivity index (χ1n) is 6.30. The molecular weight excluding hydrogens is 248 g/mol. The number of rotatable bonds is 6. The summed E-state index contributed by atoms with van der Waals surface area (Å²) in [5.74, 6) is 2.69. The predicted octanol–water partition coefficient (Wildman–Crippen LogP) is 4.37. The Kier molecular flexibility index (Phi) is 5.80. The first-order chi connectivity index (χ1) is 8.49. The van der Waals surface area contributed by atoms with Crippen molar-refractivity contribution in [2.45, 2.75) is 27.2 Å². The lowest BCUT2D eigenvalue weighted by molar-refractivity contribution is 0.198. The maximum atomic E-state index is 6.01. The number of benzene rings is 1. The fourth-order valence-corrected chi connectivity index (χ4v) is 2.41. The molecule has 0 aromatic heterocycles. The van der Waals surface area contributed by atoms with Crippen LogP contribution in [0.25, 0.3) is 0 Å². The molecule has 2 nitrogen and oxygen atoms in total. The van der Waals surface area contributed by atoms with Crippen molar-refractivity contribution in [2.24, 2.45) is 11.3 Å². The summed E-state index contributed by atoms with van der Waals surface area (Å²) in [6.07, 6.45) is 0.949. The van der Waals surface area contributed by atoms with Crippen LogP contribution < -0.4 is 9.47 Å². The van der Waals surface area contributed by atoms with Gasteiger partial charge in [0.1, 0.15) is 0 Å². The van der Waals surface area contributed by atoms with Crippen molar-refractivity contribution >= 4 is 11.6 Å². The monoisotopic (exact) mass is 270 g/mol. The van der Waals surface area contributed by atoms with Crippen LogP contribution in [0.5, 0.6) is 11.5 Å². The van der Waals surface area contributed by atoms with Gasteiger partial charge in [-0.2, -0.15) is 0 Å². The van der Waals surface area contributed by atoms with Crippen LogP contribution in [0.3, 0.4) is 0 Å². The van der Waals surface area contributed by atoms with Crippen molar-refractivity contribution in [3.63, 3.8) is 0 Å². The molecule has 0 amide bonds. The minimum absolute atomic E-state index is 0.214. The first kappa shape index (κ1) is 15.2. The summed E-state index contributed by atoms with van der Waals surface area (Å²) in [5, 5.41) is 0. The number of alkyl halides is 1. The Morgan fingerprint density at radius 1 is 1.17 bits per heavy atom. The average Bonchev–Trinajstić information content (AvgIpc) is 2.33. The minimum atomic E-state index is 0.214. The number of methoxy groups -OCH3 is 1. The van der Waals surface area contributed by atoms with Gasteiger partial charge in [-0.15, -0.1) is 11.6 Å². The second kappa shape index (κ2) is 6.89. The maximum Gasteiger partial charge on any atom is 0.161 e. The highest BCUT2D eigenvalue weighted by molar-refractivity contribution is 6.18. The molecule has 1 atom stereocenters. The molecule has 0 bridgehead atoms. The van der Waals surface area contributed by atoms with Crippen molar-refractivity contribution in [1.82, 2.24) is 0 Å². The molecule has 3 heteroatoms. The van der Waals surface area contributed by atoms with E-state index < -0.39 is 0 Å². The zero-order chi connectivity index (χ0) is 13.6. The number of halogens is 1. The van der Waals surface area contributed by atoms with E-state index in [0.717, 1.165) is 17.9 Å². The molecule has 1 aromatic rings. The Bertz CT molecular complexity index is 358. The molecule has 0 saturated carbocycles. The van der Waals surface area contributed by atoms with Gasteiger partial charge in [0.2, 0.25) is 0 Å². The zero-order valence-corrected chi connectivity index (χ0v) is 12.5. The summed E-state index contributed by atoms with van der Waals surface area (Å²) in [6.45, 7) is 7.30. The lowest BCUT2D eigenvalue weighted by Crippen LogP contribution is -2.24. The van der Waals surface area contributed by atoms with E-state index in [4.69, 9.17) is 21.1 Å². The SMILES string of the molecule is COc1ccccc1OCCC(CCl)C(C)(C)C. The third-order valence-corrected chi connectivity index (χ3v) is 3.58. The van der Waals surface area contributed by atoms with Crippen molar-refractivity contribution < 1.29 is 9.47 Å². The smallest absolute Gasteiger partial charge is 0.161 e. The molecule has 0 N–H and O–H groups in total. The summed E-state index contributed by atoms with van der Waals surface area (Å²) in [7, 11) is 1.65. The van der Waals surface area contributed by atoms with Gasteiger partial charge < -0.3 is 9.47 Å². The standard InChI is InChI=1S/C15H23ClO2/c1-15(2,3)12(11-16)9-10-18-14-8-6-5-7-13(14)17-4/h5-8,12H,9-11H2,1-4H3. The van der Waals surface area contributed by atoms with E-state index >= 15 is 0 Å². The van der Waals surface area contributed by atoms with Gasteiger partial charge in [0, 0.05) is 5.88 Å². The molecule has 1 aromatic carbocycles. The van der Waals surface area contributed by atoms with Crippen molar-refractivity contribution in [1.29, 1.82) is 0 Å². The van der Waals surface area contributed by atoms with Crippen LogP contribution in [0.15, 0.2) is 24.3 Å².